The summed E-state index contributed by atoms with van der Waals surface area (Å²) in [6.07, 6.45) is 1.77. The standard InChI is InChI=1S/C19H25N3O2/c1-14-11-22(13-16-6-4-3-5-7-16)12-15(2)19(14)20-18(23)10-17-8-9-24-21-17/h3-9,14-15,19H,10-13H2,1-2H3,(H,20,23)/t14-,15-/m1/s1. The lowest BCUT2D eigenvalue weighted by molar-refractivity contribution is -0.122. The van der Waals surface area contributed by atoms with Crippen molar-refractivity contribution in [3.8, 4) is 0 Å². The van der Waals surface area contributed by atoms with Gasteiger partial charge in [0.05, 0.1) is 12.1 Å². The molecule has 0 aliphatic carbocycles. The largest absolute Gasteiger partial charge is 0.364 e. The first-order valence-corrected chi connectivity index (χ1v) is 8.56. The second kappa shape index (κ2) is 7.62. The first-order chi connectivity index (χ1) is 11.6. The van der Waals surface area contributed by atoms with Gasteiger partial charge in [-0.25, -0.2) is 0 Å². The molecule has 1 aromatic carbocycles. The van der Waals surface area contributed by atoms with Gasteiger partial charge in [0, 0.05) is 31.7 Å². The Bertz CT molecular complexity index is 630. The van der Waals surface area contributed by atoms with Gasteiger partial charge in [-0.2, -0.15) is 0 Å². The Balaban J connectivity index is 1.54. The maximum atomic E-state index is 12.2. The highest BCUT2D eigenvalue weighted by atomic mass is 16.5. The van der Waals surface area contributed by atoms with Crippen LogP contribution in [0.15, 0.2) is 47.2 Å². The van der Waals surface area contributed by atoms with E-state index in [-0.39, 0.29) is 18.4 Å². The van der Waals surface area contributed by atoms with Crippen LogP contribution in [0.25, 0.3) is 0 Å². The molecular weight excluding hydrogens is 302 g/mol. The van der Waals surface area contributed by atoms with Gasteiger partial charge in [0.2, 0.25) is 5.91 Å². The second-order valence-corrected chi connectivity index (χ2v) is 6.90. The number of piperidine rings is 1. The molecule has 128 valence electrons. The molecule has 3 rings (SSSR count). The summed E-state index contributed by atoms with van der Waals surface area (Å²) in [5.41, 5.74) is 2.01. The average molecular weight is 327 g/mol. The number of nitrogens with one attached hydrogen (secondary N) is 1. The fraction of sp³-hybridized carbons (Fsp3) is 0.474. The summed E-state index contributed by atoms with van der Waals surface area (Å²) in [5, 5.41) is 7.00. The third-order valence-corrected chi connectivity index (χ3v) is 4.73. The maximum Gasteiger partial charge on any atom is 0.226 e. The zero-order valence-corrected chi connectivity index (χ0v) is 14.3. The quantitative estimate of drug-likeness (QED) is 0.917. The molecule has 0 unspecified atom stereocenters. The van der Waals surface area contributed by atoms with E-state index in [9.17, 15) is 4.79 Å². The minimum Gasteiger partial charge on any atom is -0.364 e. The molecular formula is C19H25N3O2. The lowest BCUT2D eigenvalue weighted by atomic mass is 9.85. The number of carbonyl (C=O) groups is 1. The normalized spacial score (nSPS) is 22.4. The van der Waals surface area contributed by atoms with E-state index in [4.69, 9.17) is 4.52 Å². The third kappa shape index (κ3) is 4.23. The van der Waals surface area contributed by atoms with Gasteiger partial charge in [0.1, 0.15) is 6.26 Å². The van der Waals surface area contributed by atoms with Gasteiger partial charge in [0.25, 0.3) is 0 Å². The van der Waals surface area contributed by atoms with Gasteiger partial charge in [-0.3, -0.25) is 9.69 Å². The smallest absolute Gasteiger partial charge is 0.226 e. The van der Waals surface area contributed by atoms with E-state index in [0.29, 0.717) is 17.5 Å². The van der Waals surface area contributed by atoms with E-state index < -0.39 is 0 Å². The monoisotopic (exact) mass is 327 g/mol. The molecule has 5 nitrogen and oxygen atoms in total. The highest BCUT2D eigenvalue weighted by Crippen LogP contribution is 2.23. The van der Waals surface area contributed by atoms with E-state index >= 15 is 0 Å². The number of nitrogens with zero attached hydrogens (tertiary/aromatic N) is 2. The predicted molar refractivity (Wildman–Crippen MR) is 92.2 cm³/mol. The van der Waals surface area contributed by atoms with E-state index in [2.05, 4.69) is 53.5 Å². The summed E-state index contributed by atoms with van der Waals surface area (Å²) < 4.78 is 4.78. The molecule has 0 radical (unpaired) electrons. The molecule has 24 heavy (non-hydrogen) atoms. The van der Waals surface area contributed by atoms with Crippen LogP contribution < -0.4 is 5.32 Å². The summed E-state index contributed by atoms with van der Waals surface area (Å²) >= 11 is 0. The van der Waals surface area contributed by atoms with E-state index in [1.165, 1.54) is 11.8 Å². The Morgan fingerprint density at radius 1 is 1.21 bits per heavy atom. The first kappa shape index (κ1) is 16.7. The number of rotatable bonds is 5. The molecule has 2 atom stereocenters. The molecule has 1 aromatic heterocycles. The lowest BCUT2D eigenvalue weighted by Gasteiger charge is -2.41. The van der Waals surface area contributed by atoms with Crippen molar-refractivity contribution in [1.82, 2.24) is 15.4 Å². The van der Waals surface area contributed by atoms with Gasteiger partial charge in [-0.1, -0.05) is 49.3 Å². The minimum atomic E-state index is 0.0177. The molecule has 0 saturated carbocycles. The van der Waals surface area contributed by atoms with Gasteiger partial charge in [0.15, 0.2) is 0 Å². The molecule has 1 aliphatic heterocycles. The van der Waals surface area contributed by atoms with Crippen LogP contribution in [0, 0.1) is 11.8 Å². The highest BCUT2D eigenvalue weighted by molar-refractivity contribution is 5.78. The fourth-order valence-electron chi connectivity index (χ4n) is 3.66. The Morgan fingerprint density at radius 3 is 2.54 bits per heavy atom. The molecule has 0 bridgehead atoms. The van der Waals surface area contributed by atoms with E-state index in [0.717, 1.165) is 19.6 Å². The van der Waals surface area contributed by atoms with Crippen LogP contribution >= 0.6 is 0 Å². The van der Waals surface area contributed by atoms with Crippen molar-refractivity contribution in [2.45, 2.75) is 32.9 Å². The molecule has 2 heterocycles. The molecule has 1 saturated heterocycles. The van der Waals surface area contributed by atoms with Gasteiger partial charge in [-0.05, 0) is 17.4 Å². The highest BCUT2D eigenvalue weighted by Gasteiger charge is 2.32. The van der Waals surface area contributed by atoms with Gasteiger partial charge >= 0.3 is 0 Å². The number of benzene rings is 1. The van der Waals surface area contributed by atoms with E-state index in [1.54, 1.807) is 6.07 Å². The summed E-state index contributed by atoms with van der Waals surface area (Å²) in [6.45, 7) is 7.39. The topological polar surface area (TPSA) is 58.4 Å². The van der Waals surface area contributed by atoms with Gasteiger partial charge in [-0.15, -0.1) is 0 Å². The maximum absolute atomic E-state index is 12.2. The lowest BCUT2D eigenvalue weighted by Crippen LogP contribution is -2.54. The molecule has 1 aliphatic rings. The van der Waals surface area contributed by atoms with E-state index in [1.807, 2.05) is 6.07 Å². The first-order valence-electron chi connectivity index (χ1n) is 8.56. The second-order valence-electron chi connectivity index (χ2n) is 6.90. The number of amides is 1. The summed E-state index contributed by atoms with van der Waals surface area (Å²) in [5.74, 6) is 0.849. The zero-order valence-electron chi connectivity index (χ0n) is 14.3. The Labute approximate surface area is 143 Å². The van der Waals surface area contributed by atoms with Crippen molar-refractivity contribution in [1.29, 1.82) is 0 Å². The van der Waals surface area contributed by atoms with Crippen molar-refractivity contribution in [2.24, 2.45) is 11.8 Å². The SMILES string of the molecule is C[C@@H]1CN(Cc2ccccc2)C[C@@H](C)C1NC(=O)Cc1ccon1. The number of hydrogen-bond acceptors (Lipinski definition) is 4. The Hall–Kier alpha value is -2.14. The Morgan fingerprint density at radius 2 is 1.92 bits per heavy atom. The van der Waals surface area contributed by atoms with Crippen molar-refractivity contribution < 1.29 is 9.32 Å². The van der Waals surface area contributed by atoms with Crippen LogP contribution in [0.2, 0.25) is 0 Å². The summed E-state index contributed by atoms with van der Waals surface area (Å²) in [7, 11) is 0. The number of likely N-dealkylation sites (tertiary alicyclic amines) is 1. The number of aromatic nitrogens is 1. The van der Waals surface area contributed by atoms with Crippen LogP contribution in [-0.2, 0) is 17.8 Å². The van der Waals surface area contributed by atoms with Crippen LogP contribution in [0.4, 0.5) is 0 Å². The fourth-order valence-corrected chi connectivity index (χ4v) is 3.66. The third-order valence-electron chi connectivity index (χ3n) is 4.73. The predicted octanol–water partition coefficient (Wildman–Crippen LogP) is 2.49. The molecule has 5 heteroatoms. The molecule has 2 aromatic rings. The Kier molecular flexibility index (Phi) is 5.30. The average Bonchev–Trinajstić information content (AvgIpc) is 3.05. The molecule has 1 N–H and O–H groups in total. The molecule has 1 fully saturated rings. The van der Waals surface area contributed by atoms with Crippen molar-refractivity contribution in [3.05, 3.63) is 53.9 Å². The number of hydrogen-bond donors (Lipinski definition) is 1. The van der Waals surface area contributed by atoms with Crippen molar-refractivity contribution >= 4 is 5.91 Å². The van der Waals surface area contributed by atoms with Crippen LogP contribution in [-0.4, -0.2) is 35.1 Å². The van der Waals surface area contributed by atoms with Gasteiger partial charge < -0.3 is 9.84 Å². The summed E-state index contributed by atoms with van der Waals surface area (Å²) in [6, 6.07) is 12.5. The van der Waals surface area contributed by atoms with Crippen molar-refractivity contribution in [2.75, 3.05) is 13.1 Å². The van der Waals surface area contributed by atoms with Crippen LogP contribution in [0.3, 0.4) is 0 Å². The van der Waals surface area contributed by atoms with Crippen molar-refractivity contribution in [3.63, 3.8) is 0 Å². The number of carbonyl (C=O) groups excluding carboxylic acids is 1. The summed E-state index contributed by atoms with van der Waals surface area (Å²) in [4.78, 5) is 14.7. The van der Waals surface area contributed by atoms with Crippen LogP contribution in [0.5, 0.6) is 0 Å². The molecule has 1 amide bonds. The zero-order chi connectivity index (χ0) is 16.9. The minimum absolute atomic E-state index is 0.0177. The van der Waals surface area contributed by atoms with Crippen LogP contribution in [0.1, 0.15) is 25.1 Å². The molecule has 0 spiro atoms.